The Morgan fingerprint density at radius 1 is 1.33 bits per heavy atom. The van der Waals surface area contributed by atoms with Crippen molar-refractivity contribution in [3.63, 3.8) is 0 Å². The number of amides is 1. The molecule has 2 N–H and O–H groups in total. The molecule has 1 fully saturated rings. The molecule has 0 aromatic heterocycles. The van der Waals surface area contributed by atoms with Gasteiger partial charge in [0, 0.05) is 39.3 Å². The fraction of sp³-hybridized carbons (Fsp3) is 0.556. The Morgan fingerprint density at radius 2 is 2.04 bits per heavy atom. The molecular weight excluding hydrogens is 415 g/mol. The Labute approximate surface area is 162 Å². The zero-order valence-corrected chi connectivity index (χ0v) is 17.2. The number of guanidine groups is 1. The van der Waals surface area contributed by atoms with Gasteiger partial charge in [0.25, 0.3) is 5.91 Å². The van der Waals surface area contributed by atoms with Gasteiger partial charge in [0.1, 0.15) is 0 Å². The summed E-state index contributed by atoms with van der Waals surface area (Å²) in [6.45, 7) is 5.28. The van der Waals surface area contributed by atoms with E-state index in [1.807, 2.05) is 25.2 Å². The summed E-state index contributed by atoms with van der Waals surface area (Å²) in [4.78, 5) is 18.4. The Hall–Kier alpha value is -1.31. The minimum absolute atomic E-state index is 0. The molecule has 0 bridgehead atoms. The molecule has 6 heteroatoms. The van der Waals surface area contributed by atoms with E-state index in [1.54, 1.807) is 7.05 Å². The maximum Gasteiger partial charge on any atom is 0.251 e. The number of likely N-dealkylation sites (tertiary alicyclic amines) is 1. The molecule has 0 saturated carbocycles. The molecular formula is C18H29IN4O. The van der Waals surface area contributed by atoms with Gasteiger partial charge in [0.15, 0.2) is 5.96 Å². The third kappa shape index (κ3) is 5.96. The number of hydrogen-bond acceptors (Lipinski definition) is 2. The number of benzene rings is 1. The van der Waals surface area contributed by atoms with E-state index in [9.17, 15) is 4.79 Å². The summed E-state index contributed by atoms with van der Waals surface area (Å²) < 4.78 is 0. The number of halogens is 1. The van der Waals surface area contributed by atoms with Crippen molar-refractivity contribution in [3.8, 4) is 0 Å². The Balaban J connectivity index is 0.00000288. The van der Waals surface area contributed by atoms with Gasteiger partial charge in [-0.3, -0.25) is 9.79 Å². The summed E-state index contributed by atoms with van der Waals surface area (Å²) in [5.41, 5.74) is 1.86. The van der Waals surface area contributed by atoms with Gasteiger partial charge in [-0.1, -0.05) is 19.1 Å². The summed E-state index contributed by atoms with van der Waals surface area (Å²) in [6, 6.07) is 7.77. The van der Waals surface area contributed by atoms with Gasteiger partial charge in [-0.15, -0.1) is 24.0 Å². The second-order valence-corrected chi connectivity index (χ2v) is 6.17. The first-order chi connectivity index (χ1) is 11.1. The lowest BCUT2D eigenvalue weighted by Gasteiger charge is -2.32. The molecule has 5 nitrogen and oxygen atoms in total. The van der Waals surface area contributed by atoms with Crippen LogP contribution in [-0.4, -0.2) is 50.5 Å². The van der Waals surface area contributed by atoms with Crippen LogP contribution in [0.25, 0.3) is 0 Å². The van der Waals surface area contributed by atoms with Crippen molar-refractivity contribution in [2.45, 2.75) is 26.2 Å². The van der Waals surface area contributed by atoms with Crippen molar-refractivity contribution < 1.29 is 4.79 Å². The fourth-order valence-electron chi connectivity index (χ4n) is 2.88. The molecule has 1 amide bonds. The van der Waals surface area contributed by atoms with Gasteiger partial charge in [0.2, 0.25) is 0 Å². The van der Waals surface area contributed by atoms with Crippen molar-refractivity contribution in [1.82, 2.24) is 15.5 Å². The standard InChI is InChI=1S/C18H28N4O.HI/c1-14-8-11-22(12-9-14)18(20-3)21-10-7-15-5-4-6-16(13-15)17(23)19-2;/h4-6,13-14H,7-12H2,1-3H3,(H,19,23)(H,20,21);1H. The van der Waals surface area contributed by atoms with Crippen molar-refractivity contribution in [3.05, 3.63) is 35.4 Å². The van der Waals surface area contributed by atoms with Gasteiger partial charge in [0.05, 0.1) is 0 Å². The molecule has 1 aliphatic rings. The number of carbonyl (C=O) groups excluding carboxylic acids is 1. The second kappa shape index (κ2) is 10.5. The molecule has 1 aromatic rings. The van der Waals surface area contributed by atoms with Crippen LogP contribution in [0.3, 0.4) is 0 Å². The predicted octanol–water partition coefficient (Wildman–Crippen LogP) is 2.51. The first kappa shape index (κ1) is 20.7. The van der Waals surface area contributed by atoms with E-state index in [1.165, 1.54) is 12.8 Å². The topological polar surface area (TPSA) is 56.7 Å². The SMILES string of the molecule is CN=C(NCCc1cccc(C(=O)NC)c1)N1CCC(C)CC1.I. The van der Waals surface area contributed by atoms with Crippen LogP contribution < -0.4 is 10.6 Å². The Kier molecular flexibility index (Phi) is 9.10. The van der Waals surface area contributed by atoms with Gasteiger partial charge in [-0.2, -0.15) is 0 Å². The molecule has 0 radical (unpaired) electrons. The van der Waals surface area contributed by atoms with E-state index in [0.29, 0.717) is 5.56 Å². The number of nitrogens with zero attached hydrogens (tertiary/aromatic N) is 2. The number of rotatable bonds is 4. The zero-order valence-electron chi connectivity index (χ0n) is 14.8. The van der Waals surface area contributed by atoms with E-state index >= 15 is 0 Å². The lowest BCUT2D eigenvalue weighted by atomic mass is 9.99. The van der Waals surface area contributed by atoms with Crippen LogP contribution in [0.5, 0.6) is 0 Å². The van der Waals surface area contributed by atoms with Crippen LogP contribution in [0.15, 0.2) is 29.3 Å². The molecule has 134 valence electrons. The highest BCUT2D eigenvalue weighted by Crippen LogP contribution is 2.15. The smallest absolute Gasteiger partial charge is 0.251 e. The van der Waals surface area contributed by atoms with Crippen molar-refractivity contribution in [1.29, 1.82) is 0 Å². The van der Waals surface area contributed by atoms with E-state index in [2.05, 4.69) is 33.5 Å². The Bertz CT molecular complexity index is 554. The third-order valence-electron chi connectivity index (χ3n) is 4.41. The van der Waals surface area contributed by atoms with Gasteiger partial charge < -0.3 is 15.5 Å². The molecule has 0 atom stereocenters. The fourth-order valence-corrected chi connectivity index (χ4v) is 2.88. The highest BCUT2D eigenvalue weighted by molar-refractivity contribution is 14.0. The van der Waals surface area contributed by atoms with Gasteiger partial charge in [-0.05, 0) is 42.9 Å². The zero-order chi connectivity index (χ0) is 16.7. The first-order valence-corrected chi connectivity index (χ1v) is 8.40. The molecule has 1 saturated heterocycles. The highest BCUT2D eigenvalue weighted by Gasteiger charge is 2.18. The molecule has 0 unspecified atom stereocenters. The lowest BCUT2D eigenvalue weighted by Crippen LogP contribution is -2.45. The van der Waals surface area contributed by atoms with Crippen molar-refractivity contribution >= 4 is 35.8 Å². The summed E-state index contributed by atoms with van der Waals surface area (Å²) >= 11 is 0. The van der Waals surface area contributed by atoms with Crippen LogP contribution in [0.1, 0.15) is 35.7 Å². The summed E-state index contributed by atoms with van der Waals surface area (Å²) in [7, 11) is 3.49. The van der Waals surface area contributed by atoms with Crippen LogP contribution in [0, 0.1) is 5.92 Å². The van der Waals surface area contributed by atoms with Crippen molar-refractivity contribution in [2.24, 2.45) is 10.9 Å². The first-order valence-electron chi connectivity index (χ1n) is 8.40. The van der Waals surface area contributed by atoms with Gasteiger partial charge >= 0.3 is 0 Å². The normalized spacial score (nSPS) is 15.6. The molecule has 1 aromatic carbocycles. The Morgan fingerprint density at radius 3 is 2.67 bits per heavy atom. The molecule has 0 spiro atoms. The average Bonchev–Trinajstić information content (AvgIpc) is 2.59. The van der Waals surface area contributed by atoms with E-state index in [4.69, 9.17) is 0 Å². The maximum absolute atomic E-state index is 11.7. The number of hydrogen-bond donors (Lipinski definition) is 2. The molecule has 2 rings (SSSR count). The second-order valence-electron chi connectivity index (χ2n) is 6.17. The largest absolute Gasteiger partial charge is 0.356 e. The van der Waals surface area contributed by atoms with Crippen LogP contribution in [0.4, 0.5) is 0 Å². The van der Waals surface area contributed by atoms with E-state index < -0.39 is 0 Å². The summed E-state index contributed by atoms with van der Waals surface area (Å²) in [5, 5.41) is 6.10. The monoisotopic (exact) mass is 444 g/mol. The van der Waals surface area contributed by atoms with Crippen molar-refractivity contribution in [2.75, 3.05) is 33.7 Å². The number of nitrogens with one attached hydrogen (secondary N) is 2. The minimum Gasteiger partial charge on any atom is -0.356 e. The van der Waals surface area contributed by atoms with Crippen LogP contribution >= 0.6 is 24.0 Å². The third-order valence-corrected chi connectivity index (χ3v) is 4.41. The molecule has 1 heterocycles. The van der Waals surface area contributed by atoms with Crippen LogP contribution in [0.2, 0.25) is 0 Å². The maximum atomic E-state index is 11.7. The summed E-state index contributed by atoms with van der Waals surface area (Å²) in [6.07, 6.45) is 3.33. The lowest BCUT2D eigenvalue weighted by molar-refractivity contribution is 0.0963. The highest BCUT2D eigenvalue weighted by atomic mass is 127. The van der Waals surface area contributed by atoms with E-state index in [0.717, 1.165) is 43.5 Å². The average molecular weight is 444 g/mol. The number of piperidine rings is 1. The van der Waals surface area contributed by atoms with E-state index in [-0.39, 0.29) is 29.9 Å². The van der Waals surface area contributed by atoms with Crippen LogP contribution in [-0.2, 0) is 6.42 Å². The quantitative estimate of drug-likeness (QED) is 0.427. The molecule has 0 aliphatic carbocycles. The molecule has 1 aliphatic heterocycles. The number of carbonyl (C=O) groups is 1. The minimum atomic E-state index is -0.0435. The summed E-state index contributed by atoms with van der Waals surface area (Å²) in [5.74, 6) is 1.76. The number of aliphatic imine (C=N–C) groups is 1. The van der Waals surface area contributed by atoms with Gasteiger partial charge in [-0.25, -0.2) is 0 Å². The molecule has 24 heavy (non-hydrogen) atoms. The predicted molar refractivity (Wildman–Crippen MR) is 110 cm³/mol.